The molecule has 1 aliphatic carbocycles. The minimum atomic E-state index is -0.837. The van der Waals surface area contributed by atoms with E-state index in [4.69, 9.17) is 0 Å². The normalized spacial score (nSPS) is 17.2. The first-order chi connectivity index (χ1) is 12.1. The fourth-order valence-electron chi connectivity index (χ4n) is 3.60. The summed E-state index contributed by atoms with van der Waals surface area (Å²) >= 11 is 0. The largest absolute Gasteiger partial charge is 0.389 e. The van der Waals surface area contributed by atoms with E-state index >= 15 is 0 Å². The molecule has 1 unspecified atom stereocenters. The van der Waals surface area contributed by atoms with Crippen LogP contribution in [0.3, 0.4) is 0 Å². The highest BCUT2D eigenvalue weighted by atomic mass is 16.3. The van der Waals surface area contributed by atoms with Crippen molar-refractivity contribution in [2.75, 3.05) is 0 Å². The van der Waals surface area contributed by atoms with E-state index in [9.17, 15) is 9.90 Å². The average molecular weight is 338 g/mol. The number of aliphatic hydroxyl groups is 1. The molecule has 1 aromatic heterocycles. The molecule has 132 valence electrons. The highest BCUT2D eigenvalue weighted by molar-refractivity contribution is 5.77. The molecular weight excluding hydrogens is 312 g/mol. The standard InChI is InChI=1S/C21H26N2O2/c1-17(19-11-5-8-14-22-19)23(16-18-9-3-2-4-10-18)20(24)15-21(25)12-6-7-13-21/h2-5,8-11,14,17,25H,6-7,12-13,15-16H2,1H3. The van der Waals surface area contributed by atoms with E-state index in [1.54, 1.807) is 6.20 Å². The molecule has 4 nitrogen and oxygen atoms in total. The lowest BCUT2D eigenvalue weighted by molar-refractivity contribution is -0.139. The molecule has 1 heterocycles. The van der Waals surface area contributed by atoms with Crippen LogP contribution in [-0.4, -0.2) is 26.5 Å². The Kier molecular flexibility index (Phi) is 5.49. The van der Waals surface area contributed by atoms with E-state index in [1.807, 2.05) is 60.4 Å². The molecule has 0 saturated heterocycles. The summed E-state index contributed by atoms with van der Waals surface area (Å²) in [7, 11) is 0. The predicted octanol–water partition coefficient (Wildman–Crippen LogP) is 3.87. The Balaban J connectivity index is 1.81. The molecule has 1 atom stereocenters. The van der Waals surface area contributed by atoms with E-state index < -0.39 is 5.60 Å². The molecule has 4 heteroatoms. The molecule has 1 saturated carbocycles. The van der Waals surface area contributed by atoms with Crippen LogP contribution in [0.15, 0.2) is 54.7 Å². The lowest BCUT2D eigenvalue weighted by Crippen LogP contribution is -2.39. The van der Waals surface area contributed by atoms with E-state index in [2.05, 4.69) is 4.98 Å². The van der Waals surface area contributed by atoms with Gasteiger partial charge in [0.1, 0.15) is 0 Å². The van der Waals surface area contributed by atoms with Crippen LogP contribution in [0.1, 0.15) is 56.3 Å². The van der Waals surface area contributed by atoms with Gasteiger partial charge < -0.3 is 10.0 Å². The molecule has 1 amide bonds. The zero-order valence-corrected chi connectivity index (χ0v) is 14.8. The van der Waals surface area contributed by atoms with Crippen molar-refractivity contribution in [1.29, 1.82) is 0 Å². The molecule has 1 N–H and O–H groups in total. The minimum Gasteiger partial charge on any atom is -0.389 e. The maximum atomic E-state index is 13.1. The zero-order valence-electron chi connectivity index (χ0n) is 14.8. The van der Waals surface area contributed by atoms with Crippen LogP contribution in [0, 0.1) is 0 Å². The van der Waals surface area contributed by atoms with Crippen molar-refractivity contribution >= 4 is 5.91 Å². The number of rotatable bonds is 6. The monoisotopic (exact) mass is 338 g/mol. The lowest BCUT2D eigenvalue weighted by atomic mass is 9.96. The smallest absolute Gasteiger partial charge is 0.226 e. The van der Waals surface area contributed by atoms with Gasteiger partial charge in [-0.05, 0) is 37.5 Å². The van der Waals surface area contributed by atoms with Gasteiger partial charge in [0.15, 0.2) is 0 Å². The first-order valence-corrected chi connectivity index (χ1v) is 9.04. The number of carbonyl (C=O) groups is 1. The van der Waals surface area contributed by atoms with E-state index in [-0.39, 0.29) is 18.4 Å². The Labute approximate surface area is 149 Å². The van der Waals surface area contributed by atoms with Gasteiger partial charge in [0, 0.05) is 12.7 Å². The van der Waals surface area contributed by atoms with E-state index in [1.165, 1.54) is 0 Å². The van der Waals surface area contributed by atoms with Crippen LogP contribution in [0.4, 0.5) is 0 Å². The quantitative estimate of drug-likeness (QED) is 0.870. The number of nitrogens with zero attached hydrogens (tertiary/aromatic N) is 2. The maximum Gasteiger partial charge on any atom is 0.226 e. The Morgan fingerprint density at radius 1 is 1.16 bits per heavy atom. The molecule has 0 radical (unpaired) electrons. The summed E-state index contributed by atoms with van der Waals surface area (Å²) in [5.74, 6) is -0.00796. The van der Waals surface area contributed by atoms with Crippen LogP contribution in [0.5, 0.6) is 0 Å². The van der Waals surface area contributed by atoms with Gasteiger partial charge in [-0.1, -0.05) is 49.2 Å². The van der Waals surface area contributed by atoms with Crippen molar-refractivity contribution in [1.82, 2.24) is 9.88 Å². The highest BCUT2D eigenvalue weighted by Crippen LogP contribution is 2.34. The van der Waals surface area contributed by atoms with E-state index in [0.717, 1.165) is 36.9 Å². The van der Waals surface area contributed by atoms with Gasteiger partial charge in [-0.2, -0.15) is 0 Å². The number of aromatic nitrogens is 1. The van der Waals surface area contributed by atoms with Crippen LogP contribution >= 0.6 is 0 Å². The minimum absolute atomic E-state index is 0.00796. The number of amides is 1. The number of hydrogen-bond acceptors (Lipinski definition) is 3. The molecule has 0 spiro atoms. The van der Waals surface area contributed by atoms with Gasteiger partial charge in [0.25, 0.3) is 0 Å². The SMILES string of the molecule is CC(c1ccccn1)N(Cc1ccccc1)C(=O)CC1(O)CCCC1. The Bertz CT molecular complexity index is 682. The Morgan fingerprint density at radius 2 is 1.84 bits per heavy atom. The third-order valence-electron chi connectivity index (χ3n) is 5.11. The molecular formula is C21H26N2O2. The fourth-order valence-corrected chi connectivity index (χ4v) is 3.60. The number of benzene rings is 1. The highest BCUT2D eigenvalue weighted by Gasteiger charge is 2.36. The van der Waals surface area contributed by atoms with Gasteiger partial charge in [0.2, 0.25) is 5.91 Å². The third kappa shape index (κ3) is 4.45. The van der Waals surface area contributed by atoms with E-state index in [0.29, 0.717) is 6.54 Å². The summed E-state index contributed by atoms with van der Waals surface area (Å²) in [5.41, 5.74) is 1.11. The predicted molar refractivity (Wildman–Crippen MR) is 97.7 cm³/mol. The molecule has 25 heavy (non-hydrogen) atoms. The molecule has 2 aromatic rings. The summed E-state index contributed by atoms with van der Waals surface area (Å²) in [5, 5.41) is 10.7. The van der Waals surface area contributed by atoms with Crippen LogP contribution in [0.2, 0.25) is 0 Å². The lowest BCUT2D eigenvalue weighted by Gasteiger charge is -2.32. The number of carbonyl (C=O) groups excluding carboxylic acids is 1. The molecule has 3 rings (SSSR count). The summed E-state index contributed by atoms with van der Waals surface area (Å²) in [6.45, 7) is 2.52. The van der Waals surface area contributed by atoms with Crippen molar-refractivity contribution in [3.05, 3.63) is 66.0 Å². The number of hydrogen-bond donors (Lipinski definition) is 1. The van der Waals surface area contributed by atoms with Crippen molar-refractivity contribution in [2.24, 2.45) is 0 Å². The first-order valence-electron chi connectivity index (χ1n) is 9.04. The van der Waals surface area contributed by atoms with Crippen LogP contribution in [0.25, 0.3) is 0 Å². The van der Waals surface area contributed by atoms with Crippen molar-refractivity contribution in [3.8, 4) is 0 Å². The summed E-state index contributed by atoms with van der Waals surface area (Å²) < 4.78 is 0. The Hall–Kier alpha value is -2.20. The van der Waals surface area contributed by atoms with Crippen molar-refractivity contribution < 1.29 is 9.90 Å². The summed E-state index contributed by atoms with van der Waals surface area (Å²) in [6.07, 6.45) is 5.38. The number of pyridine rings is 1. The molecule has 1 aliphatic rings. The zero-order chi connectivity index (χ0) is 17.7. The first kappa shape index (κ1) is 17.6. The van der Waals surface area contributed by atoms with Gasteiger partial charge in [-0.15, -0.1) is 0 Å². The average Bonchev–Trinajstić information content (AvgIpc) is 3.06. The second kappa shape index (κ2) is 7.79. The topological polar surface area (TPSA) is 53.4 Å². The van der Waals surface area contributed by atoms with Crippen LogP contribution < -0.4 is 0 Å². The summed E-state index contributed by atoms with van der Waals surface area (Å²) in [4.78, 5) is 19.3. The molecule has 1 aromatic carbocycles. The third-order valence-corrected chi connectivity index (χ3v) is 5.11. The fraction of sp³-hybridized carbons (Fsp3) is 0.429. The van der Waals surface area contributed by atoms with Gasteiger partial charge >= 0.3 is 0 Å². The molecule has 0 bridgehead atoms. The van der Waals surface area contributed by atoms with Crippen molar-refractivity contribution in [3.63, 3.8) is 0 Å². The Morgan fingerprint density at radius 3 is 2.48 bits per heavy atom. The van der Waals surface area contributed by atoms with Gasteiger partial charge in [0.05, 0.1) is 23.8 Å². The second-order valence-electron chi connectivity index (χ2n) is 7.05. The van der Waals surface area contributed by atoms with Crippen molar-refractivity contribution in [2.45, 2.75) is 57.2 Å². The van der Waals surface area contributed by atoms with Crippen LogP contribution in [-0.2, 0) is 11.3 Å². The molecule has 1 fully saturated rings. The summed E-state index contributed by atoms with van der Waals surface area (Å²) in [6, 6.07) is 15.6. The van der Waals surface area contributed by atoms with Gasteiger partial charge in [-0.3, -0.25) is 9.78 Å². The molecule has 0 aliphatic heterocycles. The van der Waals surface area contributed by atoms with Gasteiger partial charge in [-0.25, -0.2) is 0 Å². The maximum absolute atomic E-state index is 13.1. The second-order valence-corrected chi connectivity index (χ2v) is 7.05.